The van der Waals surface area contributed by atoms with E-state index in [1.54, 1.807) is 74.1 Å². The Kier molecular flexibility index (Phi) is 40.9. The van der Waals surface area contributed by atoms with Crippen LogP contribution in [0.1, 0.15) is 250 Å². The molecule has 756 valence electrons. The molecular formula is C100H144F3N19O12S4. The van der Waals surface area contributed by atoms with E-state index in [0.29, 0.717) is 87.4 Å². The lowest BCUT2D eigenvalue weighted by Crippen LogP contribution is -2.38. The first-order valence-corrected chi connectivity index (χ1v) is 50.6. The first kappa shape index (κ1) is 117. The van der Waals surface area contributed by atoms with Gasteiger partial charge in [0.25, 0.3) is 45.9 Å². The Morgan fingerprint density at radius 3 is 0.884 bits per heavy atom. The third-order valence-corrected chi connectivity index (χ3v) is 27.2. The van der Waals surface area contributed by atoms with Gasteiger partial charge in [-0.05, 0) is 305 Å². The number of hydrogen-bond donors (Lipinski definition) is 4. The lowest BCUT2D eigenvalue weighted by Gasteiger charge is -2.28. The van der Waals surface area contributed by atoms with Crippen LogP contribution in [-0.2, 0) is 107 Å². The first-order valence-electron chi connectivity index (χ1n) is 44.7. The Labute approximate surface area is 817 Å². The van der Waals surface area contributed by atoms with Gasteiger partial charge in [0.15, 0.2) is 20.1 Å². The fraction of sp³-hybridized carbons (Fsp3) is 0.490. The summed E-state index contributed by atoms with van der Waals surface area (Å²) in [4.78, 5) is 70.9. The van der Waals surface area contributed by atoms with Crippen LogP contribution < -0.4 is 18.9 Å². The van der Waals surface area contributed by atoms with E-state index in [9.17, 15) is 66.0 Å². The molecule has 138 heavy (non-hydrogen) atoms. The van der Waals surface area contributed by atoms with Gasteiger partial charge in [0.05, 0.1) is 47.8 Å². The molecule has 0 saturated carbocycles. The number of hydrogen-bond acceptors (Lipinski definition) is 22. The highest BCUT2D eigenvalue weighted by Gasteiger charge is 2.35. The van der Waals surface area contributed by atoms with E-state index < -0.39 is 97.5 Å². The minimum absolute atomic E-state index is 0. The number of benzene rings is 4. The van der Waals surface area contributed by atoms with Crippen molar-refractivity contribution in [3.05, 3.63) is 231 Å². The summed E-state index contributed by atoms with van der Waals surface area (Å²) < 4.78 is 161. The summed E-state index contributed by atoms with van der Waals surface area (Å²) in [5.74, 6) is -3.74. The van der Waals surface area contributed by atoms with E-state index in [1.165, 1.54) is 72.9 Å². The second-order valence-corrected chi connectivity index (χ2v) is 46.1. The zero-order valence-electron chi connectivity index (χ0n) is 83.8. The van der Waals surface area contributed by atoms with Crippen molar-refractivity contribution >= 4 is 69.5 Å². The summed E-state index contributed by atoms with van der Waals surface area (Å²) in [5.41, 5.74) is 8.79. The minimum Gasteiger partial charge on any atom is -0.361 e. The molecule has 0 bridgehead atoms. The van der Waals surface area contributed by atoms with Crippen molar-refractivity contribution in [3.8, 4) is 22.3 Å². The molecule has 0 saturated heterocycles. The van der Waals surface area contributed by atoms with Crippen LogP contribution in [0.15, 0.2) is 161 Å². The molecule has 38 heteroatoms. The molecule has 0 aliphatic heterocycles. The highest BCUT2D eigenvalue weighted by atomic mass is 32.2. The van der Waals surface area contributed by atoms with Crippen LogP contribution in [0.5, 0.6) is 0 Å². The van der Waals surface area contributed by atoms with Crippen LogP contribution in [0.2, 0.25) is 0 Å². The van der Waals surface area contributed by atoms with Gasteiger partial charge >= 0.3 is 0 Å². The maximum absolute atomic E-state index is 14.6. The number of pyridine rings is 2. The predicted octanol–water partition coefficient (Wildman–Crippen LogP) is 16.3. The van der Waals surface area contributed by atoms with Crippen LogP contribution in [0.3, 0.4) is 0 Å². The summed E-state index contributed by atoms with van der Waals surface area (Å²) >= 11 is 0. The first-order chi connectivity index (χ1) is 62.8. The molecule has 6 aromatic heterocycles. The average molecular weight is 1990 g/mol. The van der Waals surface area contributed by atoms with Crippen molar-refractivity contribution in [2.24, 2.45) is 0 Å². The molecule has 0 radical (unpaired) electrons. The second kappa shape index (κ2) is 48.1. The van der Waals surface area contributed by atoms with E-state index in [0.717, 1.165) is 22.3 Å². The Bertz CT molecular complexity index is 6200. The molecule has 6 heterocycles. The summed E-state index contributed by atoms with van der Waals surface area (Å²) in [7, 11) is -1.24. The number of likely N-dealkylation sites (N-methyl/N-ethyl adjacent to an activating group) is 4. The van der Waals surface area contributed by atoms with Crippen LogP contribution in [0.4, 0.5) is 19.0 Å². The molecule has 0 atom stereocenters. The fourth-order valence-corrected chi connectivity index (χ4v) is 20.2. The number of carbonyl (C=O) groups is 4. The Balaban J connectivity index is 0.000000324. The van der Waals surface area contributed by atoms with Crippen LogP contribution in [-0.4, -0.2) is 209 Å². The predicted molar refractivity (Wildman–Crippen MR) is 538 cm³/mol. The largest absolute Gasteiger partial charge is 0.361 e. The summed E-state index contributed by atoms with van der Waals surface area (Å²) in [6.45, 7) is 50.9. The fourth-order valence-electron chi connectivity index (χ4n) is 16.6. The highest BCUT2D eigenvalue weighted by Crippen LogP contribution is 2.38. The number of nitrogens with one attached hydrogen (secondary N) is 4. The van der Waals surface area contributed by atoms with E-state index in [2.05, 4.69) is 93.9 Å². The van der Waals surface area contributed by atoms with Gasteiger partial charge in [-0.3, -0.25) is 42.9 Å². The molecule has 0 aliphatic rings. The lowest BCUT2D eigenvalue weighted by molar-refractivity contribution is -0.119. The van der Waals surface area contributed by atoms with E-state index in [-0.39, 0.29) is 108 Å². The molecule has 4 aromatic carbocycles. The van der Waals surface area contributed by atoms with Gasteiger partial charge in [0.2, 0.25) is 23.6 Å². The number of rotatable bonds is 36. The molecule has 31 nitrogen and oxygen atoms in total. The minimum atomic E-state index is -4.25. The summed E-state index contributed by atoms with van der Waals surface area (Å²) in [6, 6.07) is 24.5. The SMILES string of the molecule is C.C.CC(C)c1cc(F)cc(-c2cccnc2)c1CC(=O)NS(=O)(=O)c1ccn(C(C)(C)CN(C)C)n1.CC(C)c1cc(F)cc(C(C)C)c1CC(=O)NS(=O)(=O)c1ccn(C(C)(C)CN(C)C)n1.Cc1cc(C(C)C)c(CC(=O)NS(=O)(=O)c2ccn(C(C)(C)CN(C)C)n2)c(C(C)C)c1.[C-]#[N+]c1cc(-c2cc(F)cc(C(C)C)c2CC(=O)NS(=O)(=O)c2ccn(C(C)(C)CN(C)C)n2)ccn1. The van der Waals surface area contributed by atoms with Crippen molar-refractivity contribution < 1.29 is 66.0 Å². The molecule has 10 rings (SSSR count). The van der Waals surface area contributed by atoms with E-state index in [4.69, 9.17) is 6.57 Å². The number of aryl methyl sites for hydroxylation is 1. The molecule has 0 unspecified atom stereocenters. The number of halogens is 3. The van der Waals surface area contributed by atoms with Gasteiger partial charge < -0.3 is 24.4 Å². The van der Waals surface area contributed by atoms with Gasteiger partial charge in [-0.15, -0.1) is 4.98 Å². The third kappa shape index (κ3) is 31.9. The molecule has 0 spiro atoms. The number of aromatic nitrogens is 10. The normalized spacial score (nSPS) is 12.3. The summed E-state index contributed by atoms with van der Waals surface area (Å²) in [5, 5.41) is 16.0. The highest BCUT2D eigenvalue weighted by molar-refractivity contribution is 7.90. The monoisotopic (exact) mass is 1990 g/mol. The molecule has 0 aliphatic carbocycles. The Hall–Kier alpha value is -11.2. The van der Waals surface area contributed by atoms with Crippen molar-refractivity contribution in [2.75, 3.05) is 82.6 Å². The number of carbonyl (C=O) groups excluding carboxylic acids is 4. The van der Waals surface area contributed by atoms with Crippen LogP contribution in [0.25, 0.3) is 27.1 Å². The number of nitrogens with zero attached hydrogens (tertiary/aromatic N) is 15. The molecule has 4 amide bonds. The van der Waals surface area contributed by atoms with Gasteiger partial charge in [0, 0.05) is 68.9 Å². The molecule has 4 N–H and O–H groups in total. The van der Waals surface area contributed by atoms with E-state index >= 15 is 0 Å². The maximum Gasteiger partial charge on any atom is 0.283 e. The number of amides is 4. The van der Waals surface area contributed by atoms with Crippen LogP contribution >= 0.6 is 0 Å². The topological polar surface area (TPSA) is 367 Å². The smallest absolute Gasteiger partial charge is 0.283 e. The molecule has 0 fully saturated rings. The summed E-state index contributed by atoms with van der Waals surface area (Å²) in [6.07, 6.45) is 10.3. The third-order valence-electron chi connectivity index (χ3n) is 22.1. The lowest BCUT2D eigenvalue weighted by atomic mass is 9.85. The van der Waals surface area contributed by atoms with Gasteiger partial charge in [0.1, 0.15) is 23.6 Å². The standard InChI is InChI=1S/C26H31FN6O3S.C25H32FN5O3S.C24H38N4O3S.C23H35FN4O3S.2CH4/c1-17(2)20-13-19(27)14-21(18-8-10-29-23(12-18)28-5)22(20)15-24(34)31-37(35,36)25-9-11-33(30-25)26(3,4)16-32(6)7;1-17(2)20-12-19(26)13-21(18-8-7-10-27-15-18)22(20)14-23(32)29-35(33,34)24-9-11-31(28-24)25(3,4)16-30(5)6;1-16(2)19-12-18(5)13-20(17(3)4)21(19)14-22(29)26-32(30,31)23-10-11-28(25-23)24(6,7)15-27(8)9;1-15(2)18-11-17(24)12-19(16(3)4)20(18)13-21(29)26-32(30,31)22-9-10-28(25-22)23(5,6)14-27(7)8;;/h8-14,17H,15-16H2,1-4,6-7H3,(H,31,34);7-13,15,17H,14,16H2,1-6H3,(H,29,32);10-13,16-17H,14-15H2,1-9H3,(H,26,29);9-12,15-16H,13-14H2,1-8H3,(H,26,29);2*1H4. The van der Waals surface area contributed by atoms with E-state index in [1.807, 2.05) is 194 Å². The Morgan fingerprint density at radius 2 is 0.630 bits per heavy atom. The van der Waals surface area contributed by atoms with Crippen molar-refractivity contribution in [1.82, 2.24) is 87.6 Å². The Morgan fingerprint density at radius 1 is 0.377 bits per heavy atom. The quantitative estimate of drug-likeness (QED) is 0.0265. The van der Waals surface area contributed by atoms with Crippen molar-refractivity contribution in [1.29, 1.82) is 0 Å². The van der Waals surface area contributed by atoms with Gasteiger partial charge in [-0.1, -0.05) is 128 Å². The van der Waals surface area contributed by atoms with Gasteiger partial charge in [-0.2, -0.15) is 54.1 Å². The maximum atomic E-state index is 14.6. The number of sulfonamides is 4. The van der Waals surface area contributed by atoms with Crippen molar-refractivity contribution in [2.45, 2.75) is 264 Å². The zero-order valence-corrected chi connectivity index (χ0v) is 87.0. The van der Waals surface area contributed by atoms with Crippen molar-refractivity contribution in [3.63, 3.8) is 0 Å². The molecular weight excluding hydrogens is 1840 g/mol. The second-order valence-electron chi connectivity index (χ2n) is 39.6. The molecule has 10 aromatic rings. The van der Waals surface area contributed by atoms with Crippen LogP contribution in [0, 0.1) is 30.9 Å². The zero-order chi connectivity index (χ0) is 102. The van der Waals surface area contributed by atoms with Gasteiger partial charge in [-0.25, -0.2) is 32.1 Å². The average Bonchev–Trinajstić information content (AvgIpc) is 1.60.